The Hall–Kier alpha value is -2.54. The average molecular weight is 313 g/mol. The van der Waals surface area contributed by atoms with Crippen molar-refractivity contribution < 1.29 is 4.79 Å². The van der Waals surface area contributed by atoms with Crippen LogP contribution in [-0.4, -0.2) is 25.0 Å². The first-order valence-electron chi connectivity index (χ1n) is 6.97. The fourth-order valence-electron chi connectivity index (χ4n) is 1.96. The summed E-state index contributed by atoms with van der Waals surface area (Å²) in [6.07, 6.45) is 2.85. The standard InChI is InChI=1S/C15H15N5OS/c1-2-14-17-15(19-22-14)16-13(21)10-11-8-9-20(18-11)12-6-4-3-5-7-12/h3-9H,2,10H2,1H3,(H,16,19,21). The number of rotatable bonds is 5. The highest BCUT2D eigenvalue weighted by Crippen LogP contribution is 2.10. The Bertz CT molecular complexity index is 765. The number of benzene rings is 1. The number of hydrogen-bond acceptors (Lipinski definition) is 5. The monoisotopic (exact) mass is 313 g/mol. The molecule has 22 heavy (non-hydrogen) atoms. The van der Waals surface area contributed by atoms with Gasteiger partial charge in [-0.3, -0.25) is 10.1 Å². The molecule has 7 heteroatoms. The van der Waals surface area contributed by atoms with Gasteiger partial charge in [-0.15, -0.1) is 0 Å². The predicted octanol–water partition coefficient (Wildman–Crippen LogP) is 2.47. The summed E-state index contributed by atoms with van der Waals surface area (Å²) in [6, 6.07) is 11.6. The molecule has 0 saturated carbocycles. The minimum absolute atomic E-state index is 0.168. The van der Waals surface area contributed by atoms with E-state index in [-0.39, 0.29) is 12.3 Å². The second-order valence-corrected chi connectivity index (χ2v) is 5.51. The van der Waals surface area contributed by atoms with Crippen LogP contribution in [-0.2, 0) is 17.6 Å². The zero-order valence-electron chi connectivity index (χ0n) is 12.1. The topological polar surface area (TPSA) is 72.7 Å². The molecule has 0 fully saturated rings. The maximum Gasteiger partial charge on any atom is 0.241 e. The molecule has 1 aromatic carbocycles. The number of carbonyl (C=O) groups excluding carboxylic acids is 1. The maximum absolute atomic E-state index is 12.0. The number of hydrogen-bond donors (Lipinski definition) is 1. The molecule has 2 aromatic heterocycles. The van der Waals surface area contributed by atoms with Gasteiger partial charge in [-0.1, -0.05) is 25.1 Å². The van der Waals surface area contributed by atoms with Gasteiger partial charge in [0, 0.05) is 6.20 Å². The summed E-state index contributed by atoms with van der Waals surface area (Å²) in [7, 11) is 0. The van der Waals surface area contributed by atoms with E-state index in [0.717, 1.165) is 17.1 Å². The second-order valence-electron chi connectivity index (χ2n) is 4.68. The quantitative estimate of drug-likeness (QED) is 0.785. The summed E-state index contributed by atoms with van der Waals surface area (Å²) in [4.78, 5) is 16.2. The van der Waals surface area contributed by atoms with E-state index in [0.29, 0.717) is 11.6 Å². The van der Waals surface area contributed by atoms with Crippen LogP contribution in [0.1, 0.15) is 17.6 Å². The number of carbonyl (C=O) groups is 1. The van der Waals surface area contributed by atoms with Crippen molar-refractivity contribution in [3.63, 3.8) is 0 Å². The zero-order valence-corrected chi connectivity index (χ0v) is 12.9. The van der Waals surface area contributed by atoms with Crippen LogP contribution in [0, 0.1) is 0 Å². The van der Waals surface area contributed by atoms with Crippen molar-refractivity contribution in [3.05, 3.63) is 53.3 Å². The fourth-order valence-corrected chi connectivity index (χ4v) is 2.50. The maximum atomic E-state index is 12.0. The lowest BCUT2D eigenvalue weighted by molar-refractivity contribution is -0.115. The van der Waals surface area contributed by atoms with Gasteiger partial charge >= 0.3 is 0 Å². The normalized spacial score (nSPS) is 10.6. The molecular formula is C15H15N5OS. The molecule has 0 radical (unpaired) electrons. The van der Waals surface area contributed by atoms with Crippen LogP contribution in [0.4, 0.5) is 5.95 Å². The molecule has 3 rings (SSSR count). The van der Waals surface area contributed by atoms with Gasteiger partial charge in [0.25, 0.3) is 0 Å². The molecule has 3 aromatic rings. The van der Waals surface area contributed by atoms with Crippen LogP contribution in [0.3, 0.4) is 0 Å². The van der Waals surface area contributed by atoms with Gasteiger partial charge in [-0.2, -0.15) is 9.47 Å². The molecule has 0 spiro atoms. The fraction of sp³-hybridized carbons (Fsp3) is 0.200. The Morgan fingerprint density at radius 2 is 2.09 bits per heavy atom. The van der Waals surface area contributed by atoms with Gasteiger partial charge in [0.2, 0.25) is 11.9 Å². The smallest absolute Gasteiger partial charge is 0.241 e. The summed E-state index contributed by atoms with van der Waals surface area (Å²) in [6.45, 7) is 2.00. The summed E-state index contributed by atoms with van der Waals surface area (Å²) in [5.41, 5.74) is 1.66. The zero-order chi connectivity index (χ0) is 15.4. The van der Waals surface area contributed by atoms with Gasteiger partial charge in [-0.25, -0.2) is 9.67 Å². The van der Waals surface area contributed by atoms with Gasteiger partial charge in [0.1, 0.15) is 5.01 Å². The molecule has 2 heterocycles. The van der Waals surface area contributed by atoms with Crippen LogP contribution < -0.4 is 5.32 Å². The van der Waals surface area contributed by atoms with Crippen LogP contribution in [0.25, 0.3) is 5.69 Å². The molecule has 0 bridgehead atoms. The minimum atomic E-state index is -0.168. The number of nitrogens with zero attached hydrogens (tertiary/aromatic N) is 4. The van der Waals surface area contributed by atoms with Crippen molar-refractivity contribution in [2.24, 2.45) is 0 Å². The van der Waals surface area contributed by atoms with E-state index in [4.69, 9.17) is 0 Å². The van der Waals surface area contributed by atoms with Crippen LogP contribution in [0.2, 0.25) is 0 Å². The predicted molar refractivity (Wildman–Crippen MR) is 85.2 cm³/mol. The number of para-hydroxylation sites is 1. The number of aryl methyl sites for hydroxylation is 1. The molecule has 0 aliphatic carbocycles. The van der Waals surface area contributed by atoms with Crippen LogP contribution in [0.15, 0.2) is 42.6 Å². The van der Waals surface area contributed by atoms with Crippen molar-refractivity contribution in [2.75, 3.05) is 5.32 Å². The third-order valence-corrected chi connectivity index (χ3v) is 3.88. The Labute approximate surface area is 132 Å². The van der Waals surface area contributed by atoms with E-state index < -0.39 is 0 Å². The molecule has 6 nitrogen and oxygen atoms in total. The number of amides is 1. The van der Waals surface area contributed by atoms with Gasteiger partial charge in [0.15, 0.2) is 0 Å². The first kappa shape index (κ1) is 14.4. The lowest BCUT2D eigenvalue weighted by Crippen LogP contribution is -2.15. The van der Waals surface area contributed by atoms with Gasteiger partial charge in [0.05, 0.1) is 17.8 Å². The SMILES string of the molecule is CCc1nc(NC(=O)Cc2ccn(-c3ccccc3)n2)ns1. The summed E-state index contributed by atoms with van der Waals surface area (Å²) in [5, 5.41) is 8.00. The molecular weight excluding hydrogens is 298 g/mol. The Kier molecular flexibility index (Phi) is 4.24. The average Bonchev–Trinajstić information content (AvgIpc) is 3.17. The highest BCUT2D eigenvalue weighted by Gasteiger charge is 2.10. The van der Waals surface area contributed by atoms with Gasteiger partial charge in [-0.05, 0) is 36.2 Å². The van der Waals surface area contributed by atoms with Crippen molar-refractivity contribution >= 4 is 23.4 Å². The van der Waals surface area contributed by atoms with Crippen molar-refractivity contribution in [2.45, 2.75) is 19.8 Å². The first-order valence-corrected chi connectivity index (χ1v) is 7.74. The Balaban J connectivity index is 1.63. The molecule has 1 amide bonds. The van der Waals surface area contributed by atoms with E-state index in [9.17, 15) is 4.79 Å². The van der Waals surface area contributed by atoms with E-state index in [1.807, 2.05) is 49.5 Å². The lowest BCUT2D eigenvalue weighted by Gasteiger charge is -2.00. The summed E-state index contributed by atoms with van der Waals surface area (Å²) < 4.78 is 5.84. The van der Waals surface area contributed by atoms with E-state index in [2.05, 4.69) is 19.8 Å². The third kappa shape index (κ3) is 3.37. The van der Waals surface area contributed by atoms with Crippen molar-refractivity contribution in [1.82, 2.24) is 19.1 Å². The Morgan fingerprint density at radius 1 is 1.27 bits per heavy atom. The lowest BCUT2D eigenvalue weighted by atomic mass is 10.3. The minimum Gasteiger partial charge on any atom is -0.293 e. The molecule has 0 saturated heterocycles. The molecule has 1 N–H and O–H groups in total. The highest BCUT2D eigenvalue weighted by molar-refractivity contribution is 7.05. The number of aromatic nitrogens is 4. The van der Waals surface area contributed by atoms with E-state index in [1.54, 1.807) is 4.68 Å². The number of nitrogens with one attached hydrogen (secondary N) is 1. The largest absolute Gasteiger partial charge is 0.293 e. The number of anilines is 1. The molecule has 112 valence electrons. The van der Waals surface area contributed by atoms with Crippen molar-refractivity contribution in [1.29, 1.82) is 0 Å². The summed E-state index contributed by atoms with van der Waals surface area (Å²) in [5.74, 6) is 0.202. The Morgan fingerprint density at radius 3 is 2.82 bits per heavy atom. The molecule has 0 aliphatic rings. The van der Waals surface area contributed by atoms with Crippen LogP contribution in [0.5, 0.6) is 0 Å². The molecule has 0 atom stereocenters. The van der Waals surface area contributed by atoms with Gasteiger partial charge < -0.3 is 0 Å². The van der Waals surface area contributed by atoms with Crippen LogP contribution >= 0.6 is 11.5 Å². The first-order chi connectivity index (χ1) is 10.7. The highest BCUT2D eigenvalue weighted by atomic mass is 32.1. The molecule has 0 aliphatic heterocycles. The van der Waals surface area contributed by atoms with E-state index >= 15 is 0 Å². The summed E-state index contributed by atoms with van der Waals surface area (Å²) >= 11 is 1.30. The van der Waals surface area contributed by atoms with E-state index in [1.165, 1.54) is 11.5 Å². The molecule has 0 unspecified atom stereocenters. The third-order valence-electron chi connectivity index (χ3n) is 3.03. The van der Waals surface area contributed by atoms with Crippen molar-refractivity contribution in [3.8, 4) is 5.69 Å². The second kappa shape index (κ2) is 6.48.